The van der Waals surface area contributed by atoms with Crippen LogP contribution in [0.1, 0.15) is 50.3 Å². The molecule has 1 heterocycles. The highest BCUT2D eigenvalue weighted by molar-refractivity contribution is 7.11. The summed E-state index contributed by atoms with van der Waals surface area (Å²) in [5.41, 5.74) is 0.336. The van der Waals surface area contributed by atoms with Crippen LogP contribution in [0.15, 0.2) is 12.1 Å². The van der Waals surface area contributed by atoms with Gasteiger partial charge in [0, 0.05) is 34.9 Å². The molecule has 0 saturated heterocycles. The summed E-state index contributed by atoms with van der Waals surface area (Å²) in [7, 11) is 2.23. The predicted molar refractivity (Wildman–Crippen MR) is 84.6 cm³/mol. The molecule has 2 rings (SSSR count). The number of nitrogens with zero attached hydrogens (tertiary/aromatic N) is 1. The van der Waals surface area contributed by atoms with Crippen molar-refractivity contribution in [1.82, 2.24) is 10.2 Å². The van der Waals surface area contributed by atoms with Gasteiger partial charge in [0.1, 0.15) is 0 Å². The first-order valence-corrected chi connectivity index (χ1v) is 8.19. The Morgan fingerprint density at radius 3 is 2.53 bits per heavy atom. The van der Waals surface area contributed by atoms with Gasteiger partial charge in [0.2, 0.25) is 0 Å². The number of thiophene rings is 1. The molecule has 1 unspecified atom stereocenters. The molecule has 0 aromatic carbocycles. The molecule has 1 saturated carbocycles. The van der Waals surface area contributed by atoms with Gasteiger partial charge in [-0.3, -0.25) is 4.90 Å². The number of hydrogen-bond acceptors (Lipinski definition) is 3. The van der Waals surface area contributed by atoms with E-state index in [4.69, 9.17) is 0 Å². The molecule has 1 fully saturated rings. The van der Waals surface area contributed by atoms with Crippen molar-refractivity contribution in [3.63, 3.8) is 0 Å². The zero-order chi connectivity index (χ0) is 14.0. The molecule has 1 N–H and O–H groups in total. The minimum absolute atomic E-state index is 0.336. The van der Waals surface area contributed by atoms with E-state index in [9.17, 15) is 0 Å². The highest BCUT2D eigenvalue weighted by Gasteiger charge is 2.24. The molecule has 1 atom stereocenters. The van der Waals surface area contributed by atoms with Gasteiger partial charge in [-0.05, 0) is 44.4 Å². The molecule has 1 aromatic rings. The smallest absolute Gasteiger partial charge is 0.0328 e. The lowest BCUT2D eigenvalue weighted by atomic mass is 9.87. The summed E-state index contributed by atoms with van der Waals surface area (Å²) in [5.74, 6) is 0. The molecule has 2 nitrogen and oxygen atoms in total. The molecular formula is C16H28N2S. The van der Waals surface area contributed by atoms with Gasteiger partial charge in [-0.25, -0.2) is 0 Å². The number of hydrogen-bond donors (Lipinski definition) is 1. The van der Waals surface area contributed by atoms with Crippen molar-refractivity contribution in [2.45, 2.75) is 65.7 Å². The molecule has 0 bridgehead atoms. The van der Waals surface area contributed by atoms with Crippen LogP contribution >= 0.6 is 11.3 Å². The van der Waals surface area contributed by atoms with Gasteiger partial charge < -0.3 is 5.32 Å². The lowest BCUT2D eigenvalue weighted by Crippen LogP contribution is -2.38. The quantitative estimate of drug-likeness (QED) is 0.851. The molecule has 0 radical (unpaired) electrons. The summed E-state index contributed by atoms with van der Waals surface area (Å²) in [5, 5.41) is 3.58. The Bertz CT molecular complexity index is 401. The Morgan fingerprint density at radius 1 is 1.32 bits per heavy atom. The molecule has 0 amide bonds. The Balaban J connectivity index is 1.84. The van der Waals surface area contributed by atoms with E-state index in [0.29, 0.717) is 11.5 Å². The highest BCUT2D eigenvalue weighted by atomic mass is 32.1. The van der Waals surface area contributed by atoms with Crippen LogP contribution in [0, 0.1) is 5.41 Å². The monoisotopic (exact) mass is 280 g/mol. The van der Waals surface area contributed by atoms with Crippen LogP contribution in [0.4, 0.5) is 0 Å². The van der Waals surface area contributed by atoms with Crippen LogP contribution in [-0.2, 0) is 13.1 Å². The maximum Gasteiger partial charge on any atom is 0.0328 e. The van der Waals surface area contributed by atoms with Crippen molar-refractivity contribution in [2.75, 3.05) is 7.05 Å². The van der Waals surface area contributed by atoms with Crippen LogP contribution in [0.2, 0.25) is 0 Å². The van der Waals surface area contributed by atoms with Crippen molar-refractivity contribution in [3.05, 3.63) is 21.9 Å². The highest BCUT2D eigenvalue weighted by Crippen LogP contribution is 2.26. The van der Waals surface area contributed by atoms with E-state index in [1.165, 1.54) is 22.6 Å². The lowest BCUT2D eigenvalue weighted by Gasteiger charge is -2.35. The van der Waals surface area contributed by atoms with E-state index in [0.717, 1.165) is 19.1 Å². The fourth-order valence-corrected chi connectivity index (χ4v) is 3.21. The summed E-state index contributed by atoms with van der Waals surface area (Å²) in [6.07, 6.45) is 2.73. The van der Waals surface area contributed by atoms with Crippen molar-refractivity contribution in [3.8, 4) is 0 Å². The van der Waals surface area contributed by atoms with E-state index < -0.39 is 0 Å². The minimum atomic E-state index is 0.336. The Labute approximate surface area is 122 Å². The first-order valence-electron chi connectivity index (χ1n) is 7.37. The van der Waals surface area contributed by atoms with Crippen molar-refractivity contribution < 1.29 is 0 Å². The third-order valence-electron chi connectivity index (χ3n) is 4.18. The largest absolute Gasteiger partial charge is 0.309 e. The van der Waals surface area contributed by atoms with E-state index >= 15 is 0 Å². The molecule has 0 spiro atoms. The van der Waals surface area contributed by atoms with E-state index in [-0.39, 0.29) is 0 Å². The van der Waals surface area contributed by atoms with Gasteiger partial charge in [-0.2, -0.15) is 0 Å². The molecule has 108 valence electrons. The Morgan fingerprint density at radius 2 is 1.95 bits per heavy atom. The fraction of sp³-hybridized carbons (Fsp3) is 0.750. The van der Waals surface area contributed by atoms with Crippen LogP contribution in [0.3, 0.4) is 0 Å². The Hall–Kier alpha value is -0.380. The van der Waals surface area contributed by atoms with E-state index in [2.05, 4.69) is 57.1 Å². The minimum Gasteiger partial charge on any atom is -0.309 e. The van der Waals surface area contributed by atoms with Gasteiger partial charge >= 0.3 is 0 Å². The third kappa shape index (κ3) is 4.59. The molecule has 3 heteroatoms. The van der Waals surface area contributed by atoms with Crippen molar-refractivity contribution in [1.29, 1.82) is 0 Å². The maximum absolute atomic E-state index is 3.58. The van der Waals surface area contributed by atoms with Crippen molar-refractivity contribution >= 4 is 11.3 Å². The third-order valence-corrected chi connectivity index (χ3v) is 5.25. The zero-order valence-electron chi connectivity index (χ0n) is 13.0. The normalized spacial score (nSPS) is 18.0. The number of rotatable bonds is 6. The Kier molecular flexibility index (Phi) is 4.70. The van der Waals surface area contributed by atoms with Crippen LogP contribution < -0.4 is 5.32 Å². The summed E-state index contributed by atoms with van der Waals surface area (Å²) in [4.78, 5) is 5.41. The van der Waals surface area contributed by atoms with Crippen LogP contribution in [-0.4, -0.2) is 24.0 Å². The van der Waals surface area contributed by atoms with Gasteiger partial charge in [0.25, 0.3) is 0 Å². The molecule has 19 heavy (non-hydrogen) atoms. The first kappa shape index (κ1) is 15.0. The van der Waals surface area contributed by atoms with Crippen molar-refractivity contribution in [2.24, 2.45) is 5.41 Å². The molecule has 1 aromatic heterocycles. The topological polar surface area (TPSA) is 15.3 Å². The average molecular weight is 280 g/mol. The first-order chi connectivity index (χ1) is 8.86. The van der Waals surface area contributed by atoms with E-state index in [1.54, 1.807) is 0 Å². The summed E-state index contributed by atoms with van der Waals surface area (Å²) in [6, 6.07) is 5.96. The standard InChI is InChI=1S/C16H28N2S/c1-12(16(2,3)4)18(5)11-15-9-8-14(19-15)10-17-13-6-7-13/h8-9,12-13,17H,6-7,10-11H2,1-5H3. The van der Waals surface area contributed by atoms with Gasteiger partial charge in [-0.15, -0.1) is 11.3 Å². The second kappa shape index (κ2) is 5.94. The maximum atomic E-state index is 3.58. The summed E-state index contributed by atoms with van der Waals surface area (Å²) >= 11 is 1.95. The van der Waals surface area contributed by atoms with Gasteiger partial charge in [0.05, 0.1) is 0 Å². The predicted octanol–water partition coefficient (Wildman–Crippen LogP) is 3.87. The molecule has 1 aliphatic rings. The van der Waals surface area contributed by atoms with Gasteiger partial charge in [-0.1, -0.05) is 20.8 Å². The van der Waals surface area contributed by atoms with Crippen LogP contribution in [0.25, 0.3) is 0 Å². The number of nitrogens with one attached hydrogen (secondary N) is 1. The van der Waals surface area contributed by atoms with Crippen LogP contribution in [0.5, 0.6) is 0 Å². The van der Waals surface area contributed by atoms with Gasteiger partial charge in [0.15, 0.2) is 0 Å². The SMILES string of the molecule is CC(N(C)Cc1ccc(CNC2CC2)s1)C(C)(C)C. The summed E-state index contributed by atoms with van der Waals surface area (Å²) in [6.45, 7) is 11.4. The second-order valence-corrected chi connectivity index (χ2v) is 8.23. The summed E-state index contributed by atoms with van der Waals surface area (Å²) < 4.78 is 0. The lowest BCUT2D eigenvalue weighted by molar-refractivity contribution is 0.136. The molecular weight excluding hydrogens is 252 g/mol. The molecule has 1 aliphatic carbocycles. The molecule has 0 aliphatic heterocycles. The second-order valence-electron chi connectivity index (χ2n) is 6.98. The fourth-order valence-electron chi connectivity index (χ4n) is 2.18. The van der Waals surface area contributed by atoms with E-state index in [1.807, 2.05) is 11.3 Å². The average Bonchev–Trinajstić information content (AvgIpc) is 3.05. The zero-order valence-corrected chi connectivity index (χ0v) is 13.8.